The average Bonchev–Trinajstić information content (AvgIpc) is 3.63. The first-order valence-electron chi connectivity index (χ1n) is 11.7. The van der Waals surface area contributed by atoms with Gasteiger partial charge in [0.15, 0.2) is 5.76 Å². The Bertz CT molecular complexity index is 1390. The Labute approximate surface area is 207 Å². The Morgan fingerprint density at radius 3 is 2.58 bits per heavy atom. The maximum absolute atomic E-state index is 13.2. The van der Waals surface area contributed by atoms with Gasteiger partial charge >= 0.3 is 0 Å². The second kappa shape index (κ2) is 9.30. The molecule has 4 aromatic rings. The summed E-state index contributed by atoms with van der Waals surface area (Å²) in [5, 5.41) is 17.2. The van der Waals surface area contributed by atoms with Gasteiger partial charge in [-0.05, 0) is 31.0 Å². The molecule has 11 nitrogen and oxygen atoms in total. The van der Waals surface area contributed by atoms with E-state index < -0.39 is 0 Å². The highest BCUT2D eigenvalue weighted by atomic mass is 16.4. The number of nitriles is 1. The standard InChI is InChI=1S/C25H26N8O3/c1-25(2,3)19-14-20(33(31-19)24-27-9-5-10-28-24)30-21(34)16-7-11-32(12-8-16)23-17(15-26)29-22(36-23)18-6-4-13-35-18/h4-6,9-10,13-14,16H,7-8,11-12H2,1-3H3,(H,30,34). The fraction of sp³-hybridized carbons (Fsp3) is 0.360. The van der Waals surface area contributed by atoms with Gasteiger partial charge in [0, 0.05) is 42.9 Å². The molecule has 5 heterocycles. The zero-order valence-corrected chi connectivity index (χ0v) is 20.3. The third-order valence-electron chi connectivity index (χ3n) is 6.07. The highest BCUT2D eigenvalue weighted by Gasteiger charge is 2.30. The summed E-state index contributed by atoms with van der Waals surface area (Å²) in [7, 11) is 0. The number of carbonyl (C=O) groups excluding carboxylic acids is 1. The molecule has 1 amide bonds. The lowest BCUT2D eigenvalue weighted by Crippen LogP contribution is -2.38. The zero-order chi connectivity index (χ0) is 25.3. The molecular weight excluding hydrogens is 460 g/mol. The summed E-state index contributed by atoms with van der Waals surface area (Å²) >= 11 is 0. The molecule has 0 spiro atoms. The SMILES string of the molecule is CC(C)(C)c1cc(NC(=O)C2CCN(c3oc(-c4ccco4)nc3C#N)CC2)n(-c2ncccn2)n1. The molecule has 11 heteroatoms. The number of aromatic nitrogens is 5. The van der Waals surface area contributed by atoms with Crippen molar-refractivity contribution in [1.82, 2.24) is 24.7 Å². The van der Waals surface area contributed by atoms with Crippen molar-refractivity contribution >= 4 is 17.6 Å². The van der Waals surface area contributed by atoms with E-state index in [4.69, 9.17) is 8.83 Å². The van der Waals surface area contributed by atoms with Gasteiger partial charge in [0.25, 0.3) is 11.8 Å². The molecule has 4 aromatic heterocycles. The van der Waals surface area contributed by atoms with Crippen molar-refractivity contribution in [3.05, 3.63) is 54.3 Å². The van der Waals surface area contributed by atoms with E-state index in [0.29, 0.717) is 49.3 Å². The number of amides is 1. The van der Waals surface area contributed by atoms with E-state index in [0.717, 1.165) is 5.69 Å². The van der Waals surface area contributed by atoms with Crippen LogP contribution in [0, 0.1) is 17.2 Å². The van der Waals surface area contributed by atoms with Crippen LogP contribution in [0.25, 0.3) is 17.6 Å². The van der Waals surface area contributed by atoms with Crippen LogP contribution in [-0.2, 0) is 10.2 Å². The Morgan fingerprint density at radius 2 is 1.94 bits per heavy atom. The van der Waals surface area contributed by atoms with E-state index in [1.807, 2.05) is 11.0 Å². The summed E-state index contributed by atoms with van der Waals surface area (Å²) in [6.45, 7) is 7.27. The first-order chi connectivity index (χ1) is 17.3. The van der Waals surface area contributed by atoms with Crippen LogP contribution < -0.4 is 10.2 Å². The molecule has 5 rings (SSSR count). The van der Waals surface area contributed by atoms with Crippen molar-refractivity contribution < 1.29 is 13.6 Å². The number of hydrogen-bond acceptors (Lipinski definition) is 9. The number of rotatable bonds is 5. The highest BCUT2D eigenvalue weighted by molar-refractivity contribution is 5.92. The number of nitrogens with one attached hydrogen (secondary N) is 1. The summed E-state index contributed by atoms with van der Waals surface area (Å²) in [6, 6.07) is 9.14. The molecule has 36 heavy (non-hydrogen) atoms. The number of hydrogen-bond donors (Lipinski definition) is 1. The van der Waals surface area contributed by atoms with Crippen molar-refractivity contribution in [2.45, 2.75) is 39.0 Å². The molecule has 0 saturated carbocycles. The molecule has 0 aromatic carbocycles. The van der Waals surface area contributed by atoms with Gasteiger partial charge in [-0.25, -0.2) is 9.97 Å². The Kier molecular flexibility index (Phi) is 6.01. The maximum atomic E-state index is 13.2. The van der Waals surface area contributed by atoms with Crippen LogP contribution in [-0.4, -0.2) is 43.7 Å². The Balaban J connectivity index is 1.30. The van der Waals surface area contributed by atoms with Gasteiger partial charge in [-0.3, -0.25) is 4.79 Å². The first-order valence-corrected chi connectivity index (χ1v) is 11.7. The minimum absolute atomic E-state index is 0.0958. The second-order valence-corrected chi connectivity index (χ2v) is 9.64. The topological polar surface area (TPSA) is 139 Å². The van der Waals surface area contributed by atoms with Crippen molar-refractivity contribution in [1.29, 1.82) is 5.26 Å². The van der Waals surface area contributed by atoms with E-state index in [-0.39, 0.29) is 28.8 Å². The predicted octanol–water partition coefficient (Wildman–Crippen LogP) is 3.93. The number of piperidine rings is 1. The first kappa shape index (κ1) is 23.3. The predicted molar refractivity (Wildman–Crippen MR) is 130 cm³/mol. The second-order valence-electron chi connectivity index (χ2n) is 9.64. The summed E-state index contributed by atoms with van der Waals surface area (Å²) < 4.78 is 12.8. The van der Waals surface area contributed by atoms with Gasteiger partial charge in [0.2, 0.25) is 17.5 Å². The fourth-order valence-corrected chi connectivity index (χ4v) is 4.07. The van der Waals surface area contributed by atoms with Crippen LogP contribution in [0.5, 0.6) is 0 Å². The molecule has 1 fully saturated rings. The highest BCUT2D eigenvalue weighted by Crippen LogP contribution is 2.32. The van der Waals surface area contributed by atoms with Crippen LogP contribution in [0.4, 0.5) is 11.7 Å². The number of oxazole rings is 1. The lowest BCUT2D eigenvalue weighted by atomic mass is 9.92. The molecule has 0 bridgehead atoms. The average molecular weight is 487 g/mol. The summed E-state index contributed by atoms with van der Waals surface area (Å²) in [5.41, 5.74) is 0.807. The third kappa shape index (κ3) is 4.57. The van der Waals surface area contributed by atoms with Gasteiger partial charge in [-0.15, -0.1) is 0 Å². The number of anilines is 2. The minimum Gasteiger partial charge on any atom is -0.459 e. The van der Waals surface area contributed by atoms with E-state index in [9.17, 15) is 10.1 Å². The van der Waals surface area contributed by atoms with Gasteiger partial charge in [0.1, 0.15) is 11.9 Å². The quantitative estimate of drug-likeness (QED) is 0.444. The van der Waals surface area contributed by atoms with Crippen LogP contribution in [0.15, 0.2) is 51.8 Å². The molecular formula is C25H26N8O3. The smallest absolute Gasteiger partial charge is 0.266 e. The molecule has 0 unspecified atom stereocenters. The van der Waals surface area contributed by atoms with Crippen molar-refractivity contribution in [3.63, 3.8) is 0 Å². The van der Waals surface area contributed by atoms with Crippen molar-refractivity contribution in [2.24, 2.45) is 5.92 Å². The zero-order valence-electron chi connectivity index (χ0n) is 20.3. The van der Waals surface area contributed by atoms with Crippen molar-refractivity contribution in [2.75, 3.05) is 23.3 Å². The van der Waals surface area contributed by atoms with Crippen LogP contribution >= 0.6 is 0 Å². The van der Waals surface area contributed by atoms with Crippen LogP contribution in [0.3, 0.4) is 0 Å². The Morgan fingerprint density at radius 1 is 1.19 bits per heavy atom. The lowest BCUT2D eigenvalue weighted by molar-refractivity contribution is -0.120. The third-order valence-corrected chi connectivity index (χ3v) is 6.07. The van der Waals surface area contributed by atoms with Gasteiger partial charge in [-0.1, -0.05) is 20.8 Å². The number of furan rings is 1. The molecule has 1 saturated heterocycles. The number of carbonyl (C=O) groups is 1. The maximum Gasteiger partial charge on any atom is 0.266 e. The summed E-state index contributed by atoms with van der Waals surface area (Å²) in [4.78, 5) is 28.0. The number of nitrogens with zero attached hydrogens (tertiary/aromatic N) is 7. The molecule has 0 atom stereocenters. The van der Waals surface area contributed by atoms with E-state index in [1.54, 1.807) is 35.3 Å². The summed E-state index contributed by atoms with van der Waals surface area (Å²) in [5.74, 6) is 1.73. The van der Waals surface area contributed by atoms with E-state index in [1.165, 1.54) is 6.26 Å². The molecule has 0 aliphatic carbocycles. The lowest BCUT2D eigenvalue weighted by Gasteiger charge is -2.30. The monoisotopic (exact) mass is 486 g/mol. The fourth-order valence-electron chi connectivity index (χ4n) is 4.07. The minimum atomic E-state index is -0.213. The molecule has 1 N–H and O–H groups in total. The van der Waals surface area contributed by atoms with Gasteiger partial charge < -0.3 is 19.1 Å². The summed E-state index contributed by atoms with van der Waals surface area (Å²) in [6.07, 6.45) is 5.98. The molecule has 1 aliphatic heterocycles. The van der Waals surface area contributed by atoms with Crippen LogP contribution in [0.1, 0.15) is 45.0 Å². The Hall–Kier alpha value is -4.46. The molecule has 184 valence electrons. The molecule has 0 radical (unpaired) electrons. The van der Waals surface area contributed by atoms with Gasteiger partial charge in [-0.2, -0.15) is 20.0 Å². The van der Waals surface area contributed by atoms with Crippen molar-refractivity contribution in [3.8, 4) is 23.7 Å². The van der Waals surface area contributed by atoms with E-state index >= 15 is 0 Å². The normalized spacial score (nSPS) is 14.6. The largest absolute Gasteiger partial charge is 0.459 e. The van der Waals surface area contributed by atoms with Gasteiger partial charge in [0.05, 0.1) is 12.0 Å². The molecule has 1 aliphatic rings. The van der Waals surface area contributed by atoms with Crippen LogP contribution in [0.2, 0.25) is 0 Å². The van der Waals surface area contributed by atoms with E-state index in [2.05, 4.69) is 52.2 Å².